The van der Waals surface area contributed by atoms with E-state index in [9.17, 15) is 4.39 Å². The molecule has 0 saturated carbocycles. The van der Waals surface area contributed by atoms with Gasteiger partial charge < -0.3 is 4.57 Å². The quantitative estimate of drug-likeness (QED) is 0.688. The molecule has 2 aromatic heterocycles. The van der Waals surface area contributed by atoms with Gasteiger partial charge in [-0.05, 0) is 30.2 Å². The van der Waals surface area contributed by atoms with Gasteiger partial charge in [-0.25, -0.2) is 9.37 Å². The molecule has 3 rings (SSSR count). The number of alkyl halides is 1. The summed E-state index contributed by atoms with van der Waals surface area (Å²) in [6.45, 7) is 0.746. The van der Waals surface area contributed by atoms with Crippen molar-refractivity contribution in [2.45, 2.75) is 18.8 Å². The summed E-state index contributed by atoms with van der Waals surface area (Å²) >= 11 is 5.94. The Balaban J connectivity index is 1.93. The Morgan fingerprint density at radius 3 is 2.90 bits per heavy atom. The molecule has 3 aromatic rings. The highest BCUT2D eigenvalue weighted by Crippen LogP contribution is 2.19. The average molecular weight is 290 g/mol. The second-order valence-corrected chi connectivity index (χ2v) is 4.82. The van der Waals surface area contributed by atoms with Crippen LogP contribution in [-0.2, 0) is 18.8 Å². The van der Waals surface area contributed by atoms with Gasteiger partial charge in [0.2, 0.25) is 0 Å². The SMILES string of the molecule is Fc1ccc2c(c1)nc(CCl)n2CCc1cccnc1. The molecule has 0 aliphatic carbocycles. The fraction of sp³-hybridized carbons (Fsp3) is 0.200. The number of nitrogens with zero attached hydrogens (tertiary/aromatic N) is 3. The first kappa shape index (κ1) is 13.1. The molecule has 0 spiro atoms. The van der Waals surface area contributed by atoms with Gasteiger partial charge in [0.15, 0.2) is 0 Å². The number of hydrogen-bond donors (Lipinski definition) is 0. The van der Waals surface area contributed by atoms with Gasteiger partial charge in [-0.15, -0.1) is 11.6 Å². The van der Waals surface area contributed by atoms with Crippen LogP contribution in [0, 0.1) is 5.82 Å². The summed E-state index contributed by atoms with van der Waals surface area (Å²) in [4.78, 5) is 8.48. The molecule has 0 amide bonds. The summed E-state index contributed by atoms with van der Waals surface area (Å²) in [6.07, 6.45) is 4.43. The number of aryl methyl sites for hydroxylation is 2. The highest BCUT2D eigenvalue weighted by molar-refractivity contribution is 6.16. The fourth-order valence-electron chi connectivity index (χ4n) is 2.29. The van der Waals surface area contributed by atoms with E-state index in [0.717, 1.165) is 29.9 Å². The Kier molecular flexibility index (Phi) is 3.65. The smallest absolute Gasteiger partial charge is 0.125 e. The summed E-state index contributed by atoms with van der Waals surface area (Å²) in [5.41, 5.74) is 2.70. The Morgan fingerprint density at radius 1 is 1.25 bits per heavy atom. The number of aromatic nitrogens is 3. The molecule has 0 radical (unpaired) electrons. The van der Waals surface area contributed by atoms with Crippen molar-refractivity contribution in [3.63, 3.8) is 0 Å². The second kappa shape index (κ2) is 5.59. The monoisotopic (exact) mass is 289 g/mol. The summed E-state index contributed by atoms with van der Waals surface area (Å²) in [7, 11) is 0. The maximum atomic E-state index is 13.2. The minimum Gasteiger partial charge on any atom is -0.327 e. The van der Waals surface area contributed by atoms with Crippen molar-refractivity contribution in [1.82, 2.24) is 14.5 Å². The van der Waals surface area contributed by atoms with E-state index in [4.69, 9.17) is 11.6 Å². The maximum absolute atomic E-state index is 13.2. The van der Waals surface area contributed by atoms with Crippen molar-refractivity contribution in [1.29, 1.82) is 0 Å². The number of pyridine rings is 1. The lowest BCUT2D eigenvalue weighted by Gasteiger charge is -2.07. The maximum Gasteiger partial charge on any atom is 0.125 e. The molecule has 0 aliphatic heterocycles. The van der Waals surface area contributed by atoms with E-state index >= 15 is 0 Å². The third kappa shape index (κ3) is 2.51. The van der Waals surface area contributed by atoms with Gasteiger partial charge in [0.05, 0.1) is 16.9 Å². The van der Waals surface area contributed by atoms with Crippen molar-refractivity contribution >= 4 is 22.6 Å². The van der Waals surface area contributed by atoms with E-state index in [0.29, 0.717) is 11.4 Å². The second-order valence-electron chi connectivity index (χ2n) is 4.56. The minimum atomic E-state index is -0.282. The lowest BCUT2D eigenvalue weighted by Crippen LogP contribution is -2.05. The lowest BCUT2D eigenvalue weighted by atomic mass is 10.2. The summed E-state index contributed by atoms with van der Waals surface area (Å²) in [6, 6.07) is 8.58. The number of halogens is 2. The van der Waals surface area contributed by atoms with E-state index in [1.807, 2.05) is 22.9 Å². The lowest BCUT2D eigenvalue weighted by molar-refractivity contribution is 0.629. The standard InChI is InChI=1S/C15H13ClFN3/c16-9-15-19-13-8-12(17)3-4-14(13)20(15)7-5-11-2-1-6-18-10-11/h1-4,6,8,10H,5,7,9H2. The molecule has 0 bridgehead atoms. The molecule has 5 heteroatoms. The van der Waals surface area contributed by atoms with E-state index in [-0.39, 0.29) is 5.82 Å². The Bertz CT molecular complexity index is 725. The normalized spacial score (nSPS) is 11.1. The van der Waals surface area contributed by atoms with Crippen molar-refractivity contribution in [3.8, 4) is 0 Å². The molecular weight excluding hydrogens is 277 g/mol. The number of rotatable bonds is 4. The van der Waals surface area contributed by atoms with Gasteiger partial charge in [0.1, 0.15) is 11.6 Å². The molecule has 0 atom stereocenters. The van der Waals surface area contributed by atoms with Crippen molar-refractivity contribution in [2.75, 3.05) is 0 Å². The van der Waals surface area contributed by atoms with Crippen LogP contribution in [0.15, 0.2) is 42.7 Å². The van der Waals surface area contributed by atoms with Crippen LogP contribution >= 0.6 is 11.6 Å². The average Bonchev–Trinajstić information content (AvgIpc) is 2.83. The van der Waals surface area contributed by atoms with E-state index in [1.165, 1.54) is 12.1 Å². The molecule has 3 nitrogen and oxygen atoms in total. The fourth-order valence-corrected chi connectivity index (χ4v) is 2.50. The predicted molar refractivity (Wildman–Crippen MR) is 77.2 cm³/mol. The molecule has 20 heavy (non-hydrogen) atoms. The molecule has 102 valence electrons. The number of imidazole rings is 1. The predicted octanol–water partition coefficient (Wildman–Crippen LogP) is 3.55. The van der Waals surface area contributed by atoms with Crippen molar-refractivity contribution in [2.24, 2.45) is 0 Å². The van der Waals surface area contributed by atoms with E-state index < -0.39 is 0 Å². The third-order valence-electron chi connectivity index (χ3n) is 3.26. The van der Waals surface area contributed by atoms with Crippen LogP contribution in [-0.4, -0.2) is 14.5 Å². The molecule has 0 saturated heterocycles. The summed E-state index contributed by atoms with van der Waals surface area (Å²) < 4.78 is 15.3. The van der Waals surface area contributed by atoms with E-state index in [1.54, 1.807) is 12.3 Å². The van der Waals surface area contributed by atoms with Crippen LogP contribution in [0.1, 0.15) is 11.4 Å². The Morgan fingerprint density at radius 2 is 2.15 bits per heavy atom. The number of benzene rings is 1. The van der Waals surface area contributed by atoms with E-state index in [2.05, 4.69) is 9.97 Å². The van der Waals surface area contributed by atoms with Crippen molar-refractivity contribution in [3.05, 3.63) is 59.9 Å². The minimum absolute atomic E-state index is 0.282. The van der Waals surface area contributed by atoms with Crippen LogP contribution in [0.4, 0.5) is 4.39 Å². The van der Waals surface area contributed by atoms with Crippen LogP contribution in [0.3, 0.4) is 0 Å². The number of hydrogen-bond acceptors (Lipinski definition) is 2. The van der Waals surface area contributed by atoms with Crippen LogP contribution in [0.5, 0.6) is 0 Å². The third-order valence-corrected chi connectivity index (χ3v) is 3.49. The largest absolute Gasteiger partial charge is 0.327 e. The highest BCUT2D eigenvalue weighted by Gasteiger charge is 2.10. The Labute approximate surface area is 121 Å². The van der Waals surface area contributed by atoms with Gasteiger partial charge in [-0.1, -0.05) is 6.07 Å². The zero-order valence-electron chi connectivity index (χ0n) is 10.8. The topological polar surface area (TPSA) is 30.7 Å². The van der Waals surface area contributed by atoms with Crippen LogP contribution in [0.25, 0.3) is 11.0 Å². The summed E-state index contributed by atoms with van der Waals surface area (Å²) in [5, 5.41) is 0. The zero-order chi connectivity index (χ0) is 13.9. The molecule has 0 aliphatic rings. The van der Waals surface area contributed by atoms with Crippen LogP contribution in [0.2, 0.25) is 0 Å². The molecular formula is C15H13ClFN3. The molecule has 0 unspecified atom stereocenters. The molecule has 2 heterocycles. The van der Waals surface area contributed by atoms with Gasteiger partial charge in [-0.2, -0.15) is 0 Å². The van der Waals surface area contributed by atoms with Gasteiger partial charge in [0, 0.05) is 25.0 Å². The number of fused-ring (bicyclic) bond motifs is 1. The van der Waals surface area contributed by atoms with Crippen molar-refractivity contribution < 1.29 is 4.39 Å². The molecule has 0 N–H and O–H groups in total. The van der Waals surface area contributed by atoms with Gasteiger partial charge in [0.25, 0.3) is 0 Å². The van der Waals surface area contributed by atoms with Gasteiger partial charge in [-0.3, -0.25) is 4.98 Å². The Hall–Kier alpha value is -1.94. The molecule has 1 aromatic carbocycles. The molecule has 0 fully saturated rings. The first-order chi connectivity index (χ1) is 9.78. The van der Waals surface area contributed by atoms with Gasteiger partial charge >= 0.3 is 0 Å². The zero-order valence-corrected chi connectivity index (χ0v) is 11.5. The first-order valence-corrected chi connectivity index (χ1v) is 6.91. The first-order valence-electron chi connectivity index (χ1n) is 6.37. The summed E-state index contributed by atoms with van der Waals surface area (Å²) in [5.74, 6) is 0.787. The highest BCUT2D eigenvalue weighted by atomic mass is 35.5. The van der Waals surface area contributed by atoms with Crippen LogP contribution < -0.4 is 0 Å².